The first-order valence-electron chi connectivity index (χ1n) is 6.67. The van der Waals surface area contributed by atoms with Gasteiger partial charge in [-0.15, -0.1) is 12.4 Å². The van der Waals surface area contributed by atoms with Gasteiger partial charge in [0, 0.05) is 29.1 Å². The summed E-state index contributed by atoms with van der Waals surface area (Å²) in [5.74, 6) is 0.750. The maximum absolute atomic E-state index is 3.56. The van der Waals surface area contributed by atoms with Gasteiger partial charge in [-0.1, -0.05) is 11.6 Å². The van der Waals surface area contributed by atoms with Gasteiger partial charge in [0.1, 0.15) is 0 Å². The van der Waals surface area contributed by atoms with Crippen molar-refractivity contribution in [2.24, 2.45) is 0 Å². The topological polar surface area (TPSA) is 17.0 Å². The zero-order chi connectivity index (χ0) is 11.4. The molecule has 3 heteroatoms. The van der Waals surface area contributed by atoms with Crippen LogP contribution in [0.1, 0.15) is 35.6 Å². The summed E-state index contributed by atoms with van der Waals surface area (Å²) in [6.07, 6.45) is 3.99. The van der Waals surface area contributed by atoms with E-state index in [1.54, 1.807) is 11.3 Å². The van der Waals surface area contributed by atoms with E-state index < -0.39 is 0 Å². The molecule has 1 aromatic heterocycles. The first-order chi connectivity index (χ1) is 8.34. The van der Waals surface area contributed by atoms with Crippen LogP contribution in [0.2, 0.25) is 0 Å². The van der Waals surface area contributed by atoms with Crippen LogP contribution < -0.4 is 5.32 Å². The van der Waals surface area contributed by atoms with Crippen LogP contribution in [0.4, 0.5) is 0 Å². The first kappa shape index (κ1) is 12.1. The molecule has 18 heavy (non-hydrogen) atoms. The highest BCUT2D eigenvalue weighted by molar-refractivity contribution is 5.87. The Labute approximate surface area is 114 Å². The van der Waals surface area contributed by atoms with E-state index in [-0.39, 0.29) is 12.4 Å². The third-order valence-corrected chi connectivity index (χ3v) is 4.39. The lowest BCUT2D eigenvalue weighted by atomic mass is 9.86. The normalized spacial score (nSPS) is 21.5. The Kier molecular flexibility index (Phi) is 2.87. The molecular formula is C15H19ClN2. The fourth-order valence-electron chi connectivity index (χ4n) is 3.67. The van der Waals surface area contributed by atoms with Gasteiger partial charge in [0.25, 0.3) is 0 Å². The zero-order valence-corrected chi connectivity index (χ0v) is 11.5. The van der Waals surface area contributed by atoms with Gasteiger partial charge >= 0.3 is 0 Å². The minimum Gasteiger partial charge on any atom is -0.331 e. The third-order valence-electron chi connectivity index (χ3n) is 4.39. The van der Waals surface area contributed by atoms with Crippen molar-refractivity contribution in [1.29, 1.82) is 0 Å². The summed E-state index contributed by atoms with van der Waals surface area (Å²) in [4.78, 5) is 0. The average molecular weight is 263 g/mol. The number of benzene rings is 1. The molecule has 1 atom stereocenters. The molecular weight excluding hydrogens is 244 g/mol. The third kappa shape index (κ3) is 1.52. The summed E-state index contributed by atoms with van der Waals surface area (Å²) >= 11 is 0. The van der Waals surface area contributed by atoms with Crippen LogP contribution in [0.3, 0.4) is 0 Å². The van der Waals surface area contributed by atoms with Crippen LogP contribution in [0.15, 0.2) is 18.2 Å². The van der Waals surface area contributed by atoms with Crippen LogP contribution in [0.25, 0.3) is 10.9 Å². The van der Waals surface area contributed by atoms with Crippen molar-refractivity contribution < 1.29 is 0 Å². The van der Waals surface area contributed by atoms with Crippen molar-refractivity contribution in [2.45, 2.75) is 38.8 Å². The Balaban J connectivity index is 0.000001000. The molecule has 4 rings (SSSR count). The largest absolute Gasteiger partial charge is 0.331 e. The molecule has 2 aliphatic rings. The predicted octanol–water partition coefficient (Wildman–Crippen LogP) is 3.35. The zero-order valence-electron chi connectivity index (χ0n) is 10.7. The van der Waals surface area contributed by atoms with Crippen molar-refractivity contribution >= 4 is 23.3 Å². The fourth-order valence-corrected chi connectivity index (χ4v) is 3.67. The Hall–Kier alpha value is -0.990. The second-order valence-corrected chi connectivity index (χ2v) is 5.51. The highest BCUT2D eigenvalue weighted by Crippen LogP contribution is 2.39. The average Bonchev–Trinajstić information content (AvgIpc) is 2.67. The van der Waals surface area contributed by atoms with Gasteiger partial charge in [-0.05, 0) is 43.9 Å². The van der Waals surface area contributed by atoms with E-state index in [9.17, 15) is 0 Å². The summed E-state index contributed by atoms with van der Waals surface area (Å²) in [7, 11) is 0. The molecule has 0 amide bonds. The lowest BCUT2D eigenvalue weighted by molar-refractivity contribution is 0.402. The molecule has 0 saturated heterocycles. The standard InChI is InChI=1S/C15H18N2.ClH/c1-10-5-6-14-13(7-10)12-4-2-3-11-8-16-9-17(14)15(11)12;/h5-7,11,16H,2-4,8-9H2,1H3;1H. The second-order valence-electron chi connectivity index (χ2n) is 5.51. The molecule has 1 aromatic carbocycles. The molecule has 0 spiro atoms. The molecule has 0 bridgehead atoms. The molecule has 0 saturated carbocycles. The van der Waals surface area contributed by atoms with Crippen LogP contribution in [0.5, 0.6) is 0 Å². The Morgan fingerprint density at radius 2 is 2.22 bits per heavy atom. The van der Waals surface area contributed by atoms with Crippen LogP contribution in [0, 0.1) is 6.92 Å². The Bertz CT molecular complexity index is 598. The van der Waals surface area contributed by atoms with Gasteiger partial charge in [0.15, 0.2) is 0 Å². The van der Waals surface area contributed by atoms with Gasteiger partial charge in [-0.25, -0.2) is 0 Å². The molecule has 2 nitrogen and oxygen atoms in total. The number of rotatable bonds is 0. The molecule has 2 aromatic rings. The number of fused-ring (bicyclic) bond motifs is 3. The summed E-state index contributed by atoms with van der Waals surface area (Å²) in [6, 6.07) is 6.91. The van der Waals surface area contributed by atoms with E-state index in [0.717, 1.165) is 12.6 Å². The van der Waals surface area contributed by atoms with Crippen LogP contribution in [-0.2, 0) is 13.1 Å². The molecule has 1 N–H and O–H groups in total. The monoisotopic (exact) mass is 262 g/mol. The molecule has 1 aliphatic heterocycles. The Morgan fingerprint density at radius 3 is 3.11 bits per heavy atom. The number of nitrogens with one attached hydrogen (secondary N) is 1. The molecule has 0 fully saturated rings. The second kappa shape index (κ2) is 4.29. The number of nitrogens with zero attached hydrogens (tertiary/aromatic N) is 1. The molecule has 1 aliphatic carbocycles. The minimum absolute atomic E-state index is 0. The van der Waals surface area contributed by atoms with Gasteiger partial charge in [0.05, 0.1) is 6.67 Å². The van der Waals surface area contributed by atoms with Crippen molar-refractivity contribution in [3.8, 4) is 0 Å². The summed E-state index contributed by atoms with van der Waals surface area (Å²) < 4.78 is 2.51. The van der Waals surface area contributed by atoms with Crippen LogP contribution in [-0.4, -0.2) is 11.1 Å². The summed E-state index contributed by atoms with van der Waals surface area (Å²) in [6.45, 7) is 4.36. The Morgan fingerprint density at radius 1 is 1.33 bits per heavy atom. The number of hydrogen-bond donors (Lipinski definition) is 1. The van der Waals surface area contributed by atoms with Crippen molar-refractivity contribution in [3.05, 3.63) is 35.0 Å². The van der Waals surface area contributed by atoms with E-state index in [2.05, 4.69) is 35.0 Å². The number of halogens is 1. The van der Waals surface area contributed by atoms with Gasteiger partial charge in [-0.3, -0.25) is 5.32 Å². The SMILES string of the molecule is Cc1ccc2c(c1)c1c3n2CNCC3CCC1.Cl. The fraction of sp³-hybridized carbons (Fsp3) is 0.467. The molecule has 2 heterocycles. The van der Waals surface area contributed by atoms with Crippen molar-refractivity contribution in [2.75, 3.05) is 6.54 Å². The highest BCUT2D eigenvalue weighted by Gasteiger charge is 2.29. The smallest absolute Gasteiger partial charge is 0.0729 e. The van der Waals surface area contributed by atoms with Crippen molar-refractivity contribution in [1.82, 2.24) is 9.88 Å². The molecule has 1 unspecified atom stereocenters. The highest BCUT2D eigenvalue weighted by atomic mass is 35.5. The summed E-state index contributed by atoms with van der Waals surface area (Å²) in [5, 5.41) is 5.07. The number of aromatic nitrogens is 1. The van der Waals surface area contributed by atoms with E-state index in [1.807, 2.05) is 0 Å². The van der Waals surface area contributed by atoms with Gasteiger partial charge < -0.3 is 4.57 Å². The van der Waals surface area contributed by atoms with E-state index in [1.165, 1.54) is 42.3 Å². The van der Waals surface area contributed by atoms with E-state index in [0.29, 0.717) is 0 Å². The lowest BCUT2D eigenvalue weighted by Gasteiger charge is -2.30. The summed E-state index contributed by atoms with van der Waals surface area (Å²) in [5.41, 5.74) is 6.09. The minimum atomic E-state index is 0. The van der Waals surface area contributed by atoms with Crippen LogP contribution >= 0.6 is 12.4 Å². The lowest BCUT2D eigenvalue weighted by Crippen LogP contribution is -2.34. The first-order valence-corrected chi connectivity index (χ1v) is 6.67. The maximum Gasteiger partial charge on any atom is 0.0729 e. The van der Waals surface area contributed by atoms with Gasteiger partial charge in [-0.2, -0.15) is 0 Å². The number of hydrogen-bond acceptors (Lipinski definition) is 1. The van der Waals surface area contributed by atoms with E-state index in [4.69, 9.17) is 0 Å². The van der Waals surface area contributed by atoms with E-state index >= 15 is 0 Å². The number of aryl methyl sites for hydroxylation is 2. The molecule has 96 valence electrons. The molecule has 0 radical (unpaired) electrons. The predicted molar refractivity (Wildman–Crippen MR) is 77.6 cm³/mol. The maximum atomic E-state index is 3.56. The van der Waals surface area contributed by atoms with Crippen molar-refractivity contribution in [3.63, 3.8) is 0 Å². The quantitative estimate of drug-likeness (QED) is 0.771. The van der Waals surface area contributed by atoms with Gasteiger partial charge in [0.2, 0.25) is 0 Å².